The Kier molecular flexibility index (Phi) is 6.12. The van der Waals surface area contributed by atoms with E-state index in [2.05, 4.69) is 5.32 Å². The van der Waals surface area contributed by atoms with Crippen molar-refractivity contribution in [2.24, 2.45) is 0 Å². The second kappa shape index (κ2) is 9.03. The van der Waals surface area contributed by atoms with Crippen molar-refractivity contribution in [2.45, 2.75) is 13.8 Å². The van der Waals surface area contributed by atoms with Crippen LogP contribution in [0.25, 0.3) is 0 Å². The molecule has 1 aromatic heterocycles. The third kappa shape index (κ3) is 3.90. The third-order valence-corrected chi connectivity index (χ3v) is 6.66. The van der Waals surface area contributed by atoms with Crippen LogP contribution in [0.3, 0.4) is 0 Å². The van der Waals surface area contributed by atoms with E-state index in [0.717, 1.165) is 4.88 Å². The van der Waals surface area contributed by atoms with Crippen LogP contribution in [0.1, 0.15) is 63.0 Å². The molecular weight excluding hydrogens is 458 g/mol. The molecule has 0 radical (unpaired) electrons. The Balaban J connectivity index is 1.53. The van der Waals surface area contributed by atoms with E-state index in [-0.39, 0.29) is 44.2 Å². The number of ketones is 2. The lowest BCUT2D eigenvalue weighted by Crippen LogP contribution is -2.26. The number of aryl methyl sites for hydroxylation is 1. The van der Waals surface area contributed by atoms with Crippen molar-refractivity contribution in [1.82, 2.24) is 0 Å². The first kappa shape index (κ1) is 23.1. The van der Waals surface area contributed by atoms with E-state index in [4.69, 9.17) is 9.47 Å². The molecule has 34 heavy (non-hydrogen) atoms. The molecule has 9 heteroatoms. The van der Waals surface area contributed by atoms with Crippen molar-refractivity contribution in [3.63, 3.8) is 0 Å². The number of ether oxygens (including phenoxy) is 2. The fourth-order valence-electron chi connectivity index (χ4n) is 3.75. The number of methoxy groups -OCH3 is 1. The molecule has 2 aromatic carbocycles. The first-order valence-corrected chi connectivity index (χ1v) is 11.0. The van der Waals surface area contributed by atoms with Crippen molar-refractivity contribution in [3.05, 3.63) is 86.3 Å². The molecule has 1 amide bonds. The third-order valence-electron chi connectivity index (χ3n) is 5.53. The molecule has 1 heterocycles. The molecule has 0 fully saturated rings. The highest BCUT2D eigenvalue weighted by molar-refractivity contribution is 7.16. The largest absolute Gasteiger partial charge is 0.465 e. The zero-order valence-electron chi connectivity index (χ0n) is 18.5. The standard InChI is InChI=1S/C25H19NO7S/c1-12-13(2)34-23(19(12)25(31)32-3)26-18(27)11-33-24(30)17-10-6-9-16-20(17)22(29)15-8-5-4-7-14(15)21(16)28/h4-10H,11H2,1-3H3,(H,26,27). The van der Waals surface area contributed by atoms with E-state index in [1.807, 2.05) is 0 Å². The molecule has 0 unspecified atom stereocenters. The van der Waals surface area contributed by atoms with Crippen molar-refractivity contribution < 1.29 is 33.4 Å². The lowest BCUT2D eigenvalue weighted by Gasteiger charge is -2.19. The van der Waals surface area contributed by atoms with Gasteiger partial charge in [0.05, 0.1) is 18.2 Å². The number of nitrogens with one attached hydrogen (secondary N) is 1. The summed E-state index contributed by atoms with van der Waals surface area (Å²) in [5, 5.41) is 2.86. The predicted octanol–water partition coefficient (Wildman–Crippen LogP) is 3.72. The highest BCUT2D eigenvalue weighted by Gasteiger charge is 2.33. The van der Waals surface area contributed by atoms with Gasteiger partial charge in [0.2, 0.25) is 0 Å². The molecule has 172 valence electrons. The number of esters is 2. The van der Waals surface area contributed by atoms with Gasteiger partial charge >= 0.3 is 11.9 Å². The predicted molar refractivity (Wildman–Crippen MR) is 124 cm³/mol. The Bertz CT molecular complexity index is 1390. The van der Waals surface area contributed by atoms with E-state index in [0.29, 0.717) is 5.56 Å². The van der Waals surface area contributed by atoms with Gasteiger partial charge < -0.3 is 14.8 Å². The zero-order chi connectivity index (χ0) is 24.6. The maximum atomic E-state index is 13.0. The number of amides is 1. The minimum Gasteiger partial charge on any atom is -0.465 e. The van der Waals surface area contributed by atoms with Crippen LogP contribution < -0.4 is 5.32 Å². The quantitative estimate of drug-likeness (QED) is 0.436. The lowest BCUT2D eigenvalue weighted by atomic mass is 9.82. The van der Waals surface area contributed by atoms with Gasteiger partial charge in [-0.1, -0.05) is 36.4 Å². The Morgan fingerprint density at radius 3 is 2.21 bits per heavy atom. The van der Waals surface area contributed by atoms with Gasteiger partial charge in [-0.25, -0.2) is 9.59 Å². The molecule has 4 rings (SSSR count). The number of carbonyl (C=O) groups excluding carboxylic acids is 5. The first-order chi connectivity index (χ1) is 16.2. The summed E-state index contributed by atoms with van der Waals surface area (Å²) in [5.74, 6) is -3.00. The Hall–Kier alpha value is -4.11. The SMILES string of the molecule is COC(=O)c1c(NC(=O)COC(=O)c2cccc3c2C(=O)c2ccccc2C3=O)sc(C)c1C. The summed E-state index contributed by atoms with van der Waals surface area (Å²) in [4.78, 5) is 64.0. The normalized spacial score (nSPS) is 12.0. The number of benzene rings is 2. The smallest absolute Gasteiger partial charge is 0.341 e. The number of hydrogen-bond acceptors (Lipinski definition) is 8. The second-order valence-electron chi connectivity index (χ2n) is 7.54. The first-order valence-electron chi connectivity index (χ1n) is 10.2. The van der Waals surface area contributed by atoms with Gasteiger partial charge in [0.15, 0.2) is 18.2 Å². The molecule has 0 saturated carbocycles. The summed E-state index contributed by atoms with van der Waals surface area (Å²) in [7, 11) is 1.24. The van der Waals surface area contributed by atoms with E-state index < -0.39 is 30.2 Å². The summed E-state index contributed by atoms with van der Waals surface area (Å²) in [6.07, 6.45) is 0. The highest BCUT2D eigenvalue weighted by Crippen LogP contribution is 2.33. The summed E-state index contributed by atoms with van der Waals surface area (Å²) in [6.45, 7) is 2.89. The van der Waals surface area contributed by atoms with Gasteiger partial charge in [-0.05, 0) is 25.5 Å². The molecule has 0 bridgehead atoms. The average molecular weight is 477 g/mol. The second-order valence-corrected chi connectivity index (χ2v) is 8.76. The van der Waals surface area contributed by atoms with Crippen LogP contribution in [0.2, 0.25) is 0 Å². The minimum atomic E-state index is -0.917. The van der Waals surface area contributed by atoms with Crippen LogP contribution in [0.5, 0.6) is 0 Å². The highest BCUT2D eigenvalue weighted by atomic mass is 32.1. The van der Waals surface area contributed by atoms with Gasteiger partial charge in [-0.15, -0.1) is 11.3 Å². The maximum Gasteiger partial charge on any atom is 0.341 e. The zero-order valence-corrected chi connectivity index (χ0v) is 19.3. The summed E-state index contributed by atoms with van der Waals surface area (Å²) >= 11 is 1.20. The Morgan fingerprint density at radius 1 is 0.882 bits per heavy atom. The van der Waals surface area contributed by atoms with Gasteiger partial charge in [0.1, 0.15) is 5.00 Å². The molecule has 0 atom stereocenters. The molecule has 3 aromatic rings. The minimum absolute atomic E-state index is 0.0471. The molecular formula is C25H19NO7S. The summed E-state index contributed by atoms with van der Waals surface area (Å²) in [5.41, 5.74) is 1.36. The van der Waals surface area contributed by atoms with E-state index in [9.17, 15) is 24.0 Å². The molecule has 1 aliphatic rings. The Morgan fingerprint density at radius 2 is 1.53 bits per heavy atom. The number of carbonyl (C=O) groups is 5. The number of hydrogen-bond donors (Lipinski definition) is 1. The van der Waals surface area contributed by atoms with Gasteiger partial charge in [-0.2, -0.15) is 0 Å². The van der Waals surface area contributed by atoms with Gasteiger partial charge in [0, 0.05) is 27.1 Å². The Labute approximate surface area is 198 Å². The lowest BCUT2D eigenvalue weighted by molar-refractivity contribution is -0.119. The molecule has 0 spiro atoms. The topological polar surface area (TPSA) is 116 Å². The number of rotatable bonds is 5. The number of anilines is 1. The molecule has 8 nitrogen and oxygen atoms in total. The molecule has 0 aliphatic heterocycles. The monoisotopic (exact) mass is 477 g/mol. The molecule has 1 aliphatic carbocycles. The maximum absolute atomic E-state index is 13.0. The molecule has 1 N–H and O–H groups in total. The van der Waals surface area contributed by atoms with Crippen LogP contribution >= 0.6 is 11.3 Å². The van der Waals surface area contributed by atoms with E-state index in [1.54, 1.807) is 32.0 Å². The fourth-order valence-corrected chi connectivity index (χ4v) is 4.81. The molecule has 0 saturated heterocycles. The van der Waals surface area contributed by atoms with Gasteiger partial charge in [-0.3, -0.25) is 14.4 Å². The van der Waals surface area contributed by atoms with E-state index in [1.165, 1.54) is 42.7 Å². The van der Waals surface area contributed by atoms with Crippen LogP contribution in [0.15, 0.2) is 42.5 Å². The summed E-state index contributed by atoms with van der Waals surface area (Å²) in [6, 6.07) is 10.7. The van der Waals surface area contributed by atoms with Crippen molar-refractivity contribution in [3.8, 4) is 0 Å². The fraction of sp³-hybridized carbons (Fsp3) is 0.160. The average Bonchev–Trinajstić information content (AvgIpc) is 3.12. The van der Waals surface area contributed by atoms with E-state index >= 15 is 0 Å². The van der Waals surface area contributed by atoms with Crippen molar-refractivity contribution in [2.75, 3.05) is 19.0 Å². The van der Waals surface area contributed by atoms with Gasteiger partial charge in [0.25, 0.3) is 5.91 Å². The van der Waals surface area contributed by atoms with Crippen LogP contribution in [-0.2, 0) is 14.3 Å². The van der Waals surface area contributed by atoms with Crippen LogP contribution in [0, 0.1) is 13.8 Å². The van der Waals surface area contributed by atoms with Crippen LogP contribution in [0.4, 0.5) is 5.00 Å². The van der Waals surface area contributed by atoms with Crippen molar-refractivity contribution >= 4 is 45.8 Å². The summed E-state index contributed by atoms with van der Waals surface area (Å²) < 4.78 is 9.91. The van der Waals surface area contributed by atoms with Crippen molar-refractivity contribution in [1.29, 1.82) is 0 Å². The van der Waals surface area contributed by atoms with Crippen LogP contribution in [-0.4, -0.2) is 43.1 Å². The number of thiophene rings is 1. The number of fused-ring (bicyclic) bond motifs is 2.